The van der Waals surface area contributed by atoms with Gasteiger partial charge in [0.1, 0.15) is 4.90 Å². The van der Waals surface area contributed by atoms with Crippen LogP contribution in [0.25, 0.3) is 0 Å². The molecule has 2 heterocycles. The maximum Gasteiger partial charge on any atom is 0.418 e. The standard InChI is InChI=1S/C25H24F7N3O7S2/c1-13-4-6-15(7-5-13)44(38,39)35-12-20(16-8-9-24(11-17(16)35,25(30,31)32)42-23(28)29)43(36,37)34-21-19(40-3)10-18(14(2)33-21)41-22(26)27/h4-7,10,12,22-23H,8-9,11H2,1-3H3,(H,33,34)/t24-/m0/s1. The highest BCUT2D eigenvalue weighted by atomic mass is 32.2. The number of halogens is 7. The average Bonchev–Trinajstić information content (AvgIpc) is 3.29. The number of fused-ring (bicyclic) bond motifs is 1. The van der Waals surface area contributed by atoms with Gasteiger partial charge in [0.2, 0.25) is 0 Å². The Hall–Kier alpha value is -3.58. The predicted octanol–water partition coefficient (Wildman–Crippen LogP) is 5.18. The van der Waals surface area contributed by atoms with Crippen molar-refractivity contribution < 1.29 is 61.8 Å². The van der Waals surface area contributed by atoms with Crippen molar-refractivity contribution in [1.82, 2.24) is 8.96 Å². The van der Waals surface area contributed by atoms with Crippen LogP contribution in [0.4, 0.5) is 36.6 Å². The van der Waals surface area contributed by atoms with Crippen molar-refractivity contribution in [2.45, 2.75) is 67.9 Å². The van der Waals surface area contributed by atoms with Crippen LogP contribution in [0.15, 0.2) is 46.3 Å². The summed E-state index contributed by atoms with van der Waals surface area (Å²) >= 11 is 0. The number of anilines is 1. The normalized spacial score (nSPS) is 17.5. The highest BCUT2D eigenvalue weighted by Gasteiger charge is 2.60. The van der Waals surface area contributed by atoms with Crippen LogP contribution in [-0.4, -0.2) is 57.9 Å². The molecule has 1 aliphatic carbocycles. The minimum Gasteiger partial charge on any atom is -0.493 e. The number of nitrogens with one attached hydrogen (secondary N) is 1. The van der Waals surface area contributed by atoms with Gasteiger partial charge in [-0.25, -0.2) is 25.8 Å². The molecule has 2 aromatic heterocycles. The molecule has 0 amide bonds. The van der Waals surface area contributed by atoms with Crippen molar-refractivity contribution in [2.24, 2.45) is 0 Å². The number of hydrogen-bond acceptors (Lipinski definition) is 8. The van der Waals surface area contributed by atoms with E-state index in [4.69, 9.17) is 4.74 Å². The van der Waals surface area contributed by atoms with E-state index in [1.807, 2.05) is 4.72 Å². The maximum absolute atomic E-state index is 14.2. The Kier molecular flexibility index (Phi) is 8.88. The van der Waals surface area contributed by atoms with Gasteiger partial charge in [0.25, 0.3) is 20.0 Å². The van der Waals surface area contributed by atoms with Crippen molar-refractivity contribution in [2.75, 3.05) is 11.8 Å². The number of sulfonamides is 1. The molecule has 242 valence electrons. The Morgan fingerprint density at radius 2 is 1.64 bits per heavy atom. The quantitative estimate of drug-likeness (QED) is 0.292. The van der Waals surface area contributed by atoms with Crippen LogP contribution in [0.5, 0.6) is 11.5 Å². The molecule has 0 aliphatic heterocycles. The molecule has 0 fully saturated rings. The van der Waals surface area contributed by atoms with Gasteiger partial charge in [-0.1, -0.05) is 17.7 Å². The van der Waals surface area contributed by atoms with Crippen LogP contribution in [0.3, 0.4) is 0 Å². The zero-order valence-corrected chi connectivity index (χ0v) is 24.6. The van der Waals surface area contributed by atoms with E-state index in [-0.39, 0.29) is 5.69 Å². The smallest absolute Gasteiger partial charge is 0.418 e. The highest BCUT2D eigenvalue weighted by molar-refractivity contribution is 7.93. The van der Waals surface area contributed by atoms with Crippen LogP contribution >= 0.6 is 0 Å². The first kappa shape index (κ1) is 33.3. The van der Waals surface area contributed by atoms with Crippen molar-refractivity contribution >= 4 is 25.9 Å². The lowest BCUT2D eigenvalue weighted by Crippen LogP contribution is -2.53. The molecule has 1 atom stereocenters. The number of nitrogens with zero attached hydrogens (tertiary/aromatic N) is 2. The number of hydrogen-bond donors (Lipinski definition) is 1. The first-order valence-corrected chi connectivity index (χ1v) is 15.3. The first-order valence-electron chi connectivity index (χ1n) is 12.4. The van der Waals surface area contributed by atoms with Gasteiger partial charge in [0.15, 0.2) is 22.9 Å². The Labute approximate surface area is 246 Å². The number of methoxy groups -OCH3 is 1. The summed E-state index contributed by atoms with van der Waals surface area (Å²) < 4.78 is 165. The molecule has 10 nitrogen and oxygen atoms in total. The Morgan fingerprint density at radius 1 is 1.00 bits per heavy atom. The summed E-state index contributed by atoms with van der Waals surface area (Å²) in [5.74, 6) is -1.39. The molecule has 0 unspecified atom stereocenters. The van der Waals surface area contributed by atoms with E-state index in [0.717, 1.165) is 25.3 Å². The van der Waals surface area contributed by atoms with Crippen LogP contribution in [0, 0.1) is 13.8 Å². The van der Waals surface area contributed by atoms with E-state index >= 15 is 0 Å². The lowest BCUT2D eigenvalue weighted by Gasteiger charge is -2.38. The fourth-order valence-corrected chi connectivity index (χ4v) is 7.50. The average molecular weight is 676 g/mol. The lowest BCUT2D eigenvalue weighted by molar-refractivity contribution is -0.330. The van der Waals surface area contributed by atoms with E-state index in [9.17, 15) is 47.6 Å². The molecule has 4 rings (SSSR count). The zero-order chi connectivity index (χ0) is 32.8. The molecule has 1 aromatic carbocycles. The van der Waals surface area contributed by atoms with Gasteiger partial charge in [-0.15, -0.1) is 0 Å². The van der Waals surface area contributed by atoms with Crippen LogP contribution in [0.1, 0.15) is 28.9 Å². The van der Waals surface area contributed by atoms with E-state index in [1.165, 1.54) is 19.1 Å². The summed E-state index contributed by atoms with van der Waals surface area (Å²) in [6, 6.07) is 5.97. The van der Waals surface area contributed by atoms with Gasteiger partial charge in [0, 0.05) is 24.4 Å². The third-order valence-corrected chi connectivity index (χ3v) is 9.98. The van der Waals surface area contributed by atoms with E-state index in [2.05, 4.69) is 14.5 Å². The first-order chi connectivity index (χ1) is 20.3. The molecule has 0 saturated carbocycles. The second-order valence-corrected chi connectivity index (χ2v) is 13.2. The molecular formula is C25H24F7N3O7S2. The molecule has 0 radical (unpaired) electrons. The van der Waals surface area contributed by atoms with Crippen molar-refractivity contribution in [3.63, 3.8) is 0 Å². The molecule has 1 aliphatic rings. The van der Waals surface area contributed by atoms with Gasteiger partial charge in [-0.2, -0.15) is 30.7 Å². The molecule has 0 bridgehead atoms. The number of rotatable bonds is 10. The second kappa shape index (κ2) is 11.7. The van der Waals surface area contributed by atoms with Gasteiger partial charge in [-0.05, 0) is 44.4 Å². The summed E-state index contributed by atoms with van der Waals surface area (Å²) in [6.07, 6.45) is -8.30. The third-order valence-electron chi connectivity index (χ3n) is 6.88. The summed E-state index contributed by atoms with van der Waals surface area (Å²) in [5.41, 5.74) is -4.26. The molecule has 0 spiro atoms. The topological polar surface area (TPSA) is 126 Å². The number of alkyl halides is 7. The number of aromatic nitrogens is 2. The lowest BCUT2D eigenvalue weighted by atomic mass is 9.83. The zero-order valence-electron chi connectivity index (χ0n) is 23.0. The predicted molar refractivity (Wildman–Crippen MR) is 139 cm³/mol. The summed E-state index contributed by atoms with van der Waals surface area (Å²) in [4.78, 5) is 2.64. The number of benzene rings is 1. The number of ether oxygens (including phenoxy) is 3. The fraction of sp³-hybridized carbons (Fsp3) is 0.400. The van der Waals surface area contributed by atoms with Gasteiger partial charge in [-0.3, -0.25) is 4.72 Å². The Morgan fingerprint density at radius 3 is 2.18 bits per heavy atom. The highest BCUT2D eigenvalue weighted by Crippen LogP contribution is 2.47. The fourth-order valence-electron chi connectivity index (χ4n) is 4.72. The minimum atomic E-state index is -5.40. The van der Waals surface area contributed by atoms with E-state index in [0.29, 0.717) is 15.7 Å². The molecule has 0 saturated heterocycles. The van der Waals surface area contributed by atoms with Gasteiger partial charge >= 0.3 is 19.4 Å². The number of pyridine rings is 1. The van der Waals surface area contributed by atoms with Crippen LogP contribution in [0.2, 0.25) is 0 Å². The largest absolute Gasteiger partial charge is 0.493 e. The third kappa shape index (κ3) is 6.30. The van der Waals surface area contributed by atoms with Crippen molar-refractivity contribution in [3.8, 4) is 11.5 Å². The monoisotopic (exact) mass is 675 g/mol. The Bertz CT molecular complexity index is 1760. The van der Waals surface area contributed by atoms with Crippen LogP contribution < -0.4 is 14.2 Å². The summed E-state index contributed by atoms with van der Waals surface area (Å²) in [5, 5.41) is 0. The maximum atomic E-state index is 14.2. The SMILES string of the molecule is COc1cc(OC(F)F)c(C)nc1NS(=O)(=O)c1cn(S(=O)(=O)c2ccc(C)cc2)c2c1CC[C@@](OC(F)F)(C(F)(F)F)C2. The molecule has 19 heteroatoms. The molecular weight excluding hydrogens is 651 g/mol. The van der Waals surface area contributed by atoms with Crippen molar-refractivity contribution in [3.05, 3.63) is 59.0 Å². The van der Waals surface area contributed by atoms with Gasteiger partial charge < -0.3 is 14.2 Å². The summed E-state index contributed by atoms with van der Waals surface area (Å²) in [6.45, 7) is -4.29. The molecule has 3 aromatic rings. The van der Waals surface area contributed by atoms with Gasteiger partial charge in [0.05, 0.1) is 17.7 Å². The second-order valence-electron chi connectivity index (χ2n) is 9.69. The Balaban J connectivity index is 1.90. The number of aryl methyl sites for hydroxylation is 2. The summed E-state index contributed by atoms with van der Waals surface area (Å²) in [7, 11) is -8.63. The van der Waals surface area contributed by atoms with Crippen LogP contribution in [-0.2, 0) is 37.6 Å². The van der Waals surface area contributed by atoms with E-state index < -0.39 is 103 Å². The molecule has 44 heavy (non-hydrogen) atoms. The minimum absolute atomic E-state index is 0.204. The van der Waals surface area contributed by atoms with E-state index in [1.54, 1.807) is 6.92 Å². The molecule has 1 N–H and O–H groups in total. The van der Waals surface area contributed by atoms with Crippen molar-refractivity contribution in [1.29, 1.82) is 0 Å².